The van der Waals surface area contributed by atoms with E-state index in [-0.39, 0.29) is 0 Å². The van der Waals surface area contributed by atoms with Crippen LogP contribution in [0.1, 0.15) is 16.3 Å². The Balaban J connectivity index is 1.70. The van der Waals surface area contributed by atoms with E-state index in [1.54, 1.807) is 23.1 Å². The predicted octanol–water partition coefficient (Wildman–Crippen LogP) is 5.82. The topological polar surface area (TPSA) is 38.7 Å². The predicted molar refractivity (Wildman–Crippen MR) is 98.6 cm³/mol. The fraction of sp³-hybridized carbons (Fsp3) is 0.188. The highest BCUT2D eigenvalue weighted by Gasteiger charge is 2.10. The Morgan fingerprint density at radius 3 is 2.48 bits per heavy atom. The average molecular weight is 382 g/mol. The minimum absolute atomic E-state index is 0.569. The SMILES string of the molecule is Cc1nc(C)c(-c2ccc(SCc3ccc(Cl)c(Cl)c3)nn2)s1. The summed E-state index contributed by atoms with van der Waals surface area (Å²) in [5.74, 6) is 0.767. The van der Waals surface area contributed by atoms with Crippen LogP contribution in [0.2, 0.25) is 10.0 Å². The Bertz CT molecular complexity index is 832. The van der Waals surface area contributed by atoms with Crippen LogP contribution >= 0.6 is 46.3 Å². The van der Waals surface area contributed by atoms with Crippen molar-refractivity contribution in [2.45, 2.75) is 24.6 Å². The van der Waals surface area contributed by atoms with Crippen LogP contribution in [0.5, 0.6) is 0 Å². The largest absolute Gasteiger partial charge is 0.246 e. The maximum absolute atomic E-state index is 6.03. The molecule has 0 unspecified atom stereocenters. The van der Waals surface area contributed by atoms with Gasteiger partial charge in [-0.1, -0.05) is 41.0 Å². The zero-order chi connectivity index (χ0) is 16.4. The average Bonchev–Trinajstić information content (AvgIpc) is 2.87. The van der Waals surface area contributed by atoms with Gasteiger partial charge in [-0.3, -0.25) is 0 Å². The van der Waals surface area contributed by atoms with Gasteiger partial charge in [0.15, 0.2) is 0 Å². The molecular formula is C16H13Cl2N3S2. The number of halogens is 2. The monoisotopic (exact) mass is 381 g/mol. The first-order valence-corrected chi connectivity index (χ1v) is 9.43. The van der Waals surface area contributed by atoms with Gasteiger partial charge < -0.3 is 0 Å². The summed E-state index contributed by atoms with van der Waals surface area (Å²) in [6.07, 6.45) is 0. The summed E-state index contributed by atoms with van der Waals surface area (Å²) in [4.78, 5) is 5.50. The van der Waals surface area contributed by atoms with Crippen LogP contribution in [0.25, 0.3) is 10.6 Å². The summed E-state index contributed by atoms with van der Waals surface area (Å²) in [7, 11) is 0. The number of thiazole rings is 1. The number of aryl methyl sites for hydroxylation is 2. The molecule has 0 amide bonds. The van der Waals surface area contributed by atoms with Crippen molar-refractivity contribution in [1.29, 1.82) is 0 Å². The highest BCUT2D eigenvalue weighted by atomic mass is 35.5. The third-order valence-electron chi connectivity index (χ3n) is 3.15. The summed E-state index contributed by atoms with van der Waals surface area (Å²) in [6.45, 7) is 3.99. The summed E-state index contributed by atoms with van der Waals surface area (Å²) in [5.41, 5.74) is 2.97. The molecule has 0 atom stereocenters. The Morgan fingerprint density at radius 2 is 1.87 bits per heavy atom. The lowest BCUT2D eigenvalue weighted by Crippen LogP contribution is -1.90. The lowest BCUT2D eigenvalue weighted by atomic mass is 10.2. The molecule has 0 spiro atoms. The van der Waals surface area contributed by atoms with Gasteiger partial charge in [-0.15, -0.1) is 21.5 Å². The van der Waals surface area contributed by atoms with E-state index in [0.29, 0.717) is 10.0 Å². The molecule has 2 heterocycles. The van der Waals surface area contributed by atoms with Crippen LogP contribution in [-0.4, -0.2) is 15.2 Å². The molecule has 118 valence electrons. The maximum Gasteiger partial charge on any atom is 0.119 e. The molecular weight excluding hydrogens is 369 g/mol. The number of hydrogen-bond donors (Lipinski definition) is 0. The first-order valence-electron chi connectivity index (χ1n) is 6.88. The quantitative estimate of drug-likeness (QED) is 0.533. The Hall–Kier alpha value is -1.14. The Morgan fingerprint density at radius 1 is 1.04 bits per heavy atom. The molecule has 0 fully saturated rings. The molecule has 1 aromatic carbocycles. The van der Waals surface area contributed by atoms with Crippen LogP contribution in [0.15, 0.2) is 35.4 Å². The fourth-order valence-corrected chi connectivity index (χ4v) is 4.04. The first kappa shape index (κ1) is 16.7. The normalized spacial score (nSPS) is 11.0. The van der Waals surface area contributed by atoms with Crippen molar-refractivity contribution in [3.05, 3.63) is 56.6 Å². The van der Waals surface area contributed by atoms with Crippen molar-refractivity contribution in [2.24, 2.45) is 0 Å². The number of rotatable bonds is 4. The third kappa shape index (κ3) is 4.04. The molecule has 0 aliphatic heterocycles. The number of benzene rings is 1. The van der Waals surface area contributed by atoms with E-state index in [1.165, 1.54) is 0 Å². The lowest BCUT2D eigenvalue weighted by molar-refractivity contribution is 0.935. The molecule has 0 aliphatic rings. The van der Waals surface area contributed by atoms with Gasteiger partial charge >= 0.3 is 0 Å². The lowest BCUT2D eigenvalue weighted by Gasteiger charge is -2.03. The molecule has 7 heteroatoms. The van der Waals surface area contributed by atoms with Crippen molar-refractivity contribution >= 4 is 46.3 Å². The zero-order valence-electron chi connectivity index (χ0n) is 12.5. The molecule has 3 nitrogen and oxygen atoms in total. The number of thioether (sulfide) groups is 1. The van der Waals surface area contributed by atoms with E-state index in [4.69, 9.17) is 23.2 Å². The summed E-state index contributed by atoms with van der Waals surface area (Å²) in [5, 5.41) is 11.7. The van der Waals surface area contributed by atoms with Crippen molar-refractivity contribution in [3.8, 4) is 10.6 Å². The van der Waals surface area contributed by atoms with Crippen LogP contribution < -0.4 is 0 Å². The van der Waals surface area contributed by atoms with Crippen molar-refractivity contribution in [1.82, 2.24) is 15.2 Å². The van der Waals surface area contributed by atoms with E-state index in [2.05, 4.69) is 15.2 Å². The van der Waals surface area contributed by atoms with Gasteiger partial charge in [0.25, 0.3) is 0 Å². The summed E-state index contributed by atoms with van der Waals surface area (Å²) in [6, 6.07) is 9.63. The van der Waals surface area contributed by atoms with Crippen LogP contribution in [-0.2, 0) is 5.75 Å². The summed E-state index contributed by atoms with van der Waals surface area (Å²) < 4.78 is 0. The van der Waals surface area contributed by atoms with E-state index < -0.39 is 0 Å². The molecule has 2 aromatic heterocycles. The van der Waals surface area contributed by atoms with Gasteiger partial charge in [0.05, 0.1) is 25.6 Å². The Kier molecular flexibility index (Phi) is 5.21. The molecule has 0 radical (unpaired) electrons. The maximum atomic E-state index is 6.03. The fourth-order valence-electron chi connectivity index (χ4n) is 2.07. The van der Waals surface area contributed by atoms with E-state index >= 15 is 0 Å². The zero-order valence-corrected chi connectivity index (χ0v) is 15.7. The van der Waals surface area contributed by atoms with E-state index in [0.717, 1.165) is 37.6 Å². The highest BCUT2D eigenvalue weighted by Crippen LogP contribution is 2.30. The second-order valence-electron chi connectivity index (χ2n) is 4.94. The Labute approximate surface area is 153 Å². The standard InChI is InChI=1S/C16H13Cl2N3S2/c1-9-16(23-10(2)19-9)14-5-6-15(21-20-14)22-8-11-3-4-12(17)13(18)7-11/h3-7H,8H2,1-2H3. The smallest absolute Gasteiger partial charge is 0.119 e. The van der Waals surface area contributed by atoms with E-state index in [9.17, 15) is 0 Å². The molecule has 23 heavy (non-hydrogen) atoms. The first-order chi connectivity index (χ1) is 11.0. The second kappa shape index (κ2) is 7.18. The molecule has 0 saturated carbocycles. The van der Waals surface area contributed by atoms with Gasteiger partial charge in [0.1, 0.15) is 10.7 Å². The molecule has 0 bridgehead atoms. The van der Waals surface area contributed by atoms with Crippen molar-refractivity contribution in [2.75, 3.05) is 0 Å². The van der Waals surface area contributed by atoms with Gasteiger partial charge in [0, 0.05) is 5.75 Å². The number of nitrogens with zero attached hydrogens (tertiary/aromatic N) is 3. The second-order valence-corrected chi connectivity index (χ2v) is 7.95. The minimum atomic E-state index is 0.569. The van der Waals surface area contributed by atoms with Crippen LogP contribution in [0, 0.1) is 13.8 Å². The summed E-state index contributed by atoms with van der Waals surface area (Å²) >= 11 is 15.2. The van der Waals surface area contributed by atoms with E-state index in [1.807, 2.05) is 44.2 Å². The molecule has 0 aliphatic carbocycles. The number of aromatic nitrogens is 3. The number of hydrogen-bond acceptors (Lipinski definition) is 5. The van der Waals surface area contributed by atoms with Crippen molar-refractivity contribution < 1.29 is 0 Å². The van der Waals surface area contributed by atoms with Crippen molar-refractivity contribution in [3.63, 3.8) is 0 Å². The van der Waals surface area contributed by atoms with Crippen LogP contribution in [0.4, 0.5) is 0 Å². The van der Waals surface area contributed by atoms with Crippen LogP contribution in [0.3, 0.4) is 0 Å². The third-order valence-corrected chi connectivity index (χ3v) is 5.97. The van der Waals surface area contributed by atoms with Gasteiger partial charge in [-0.25, -0.2) is 4.98 Å². The minimum Gasteiger partial charge on any atom is -0.246 e. The molecule has 3 aromatic rings. The van der Waals surface area contributed by atoms with Gasteiger partial charge in [-0.05, 0) is 43.7 Å². The van der Waals surface area contributed by atoms with Gasteiger partial charge in [0.2, 0.25) is 0 Å². The molecule has 0 saturated heterocycles. The molecule has 0 N–H and O–H groups in total. The van der Waals surface area contributed by atoms with Gasteiger partial charge in [-0.2, -0.15) is 0 Å². The highest BCUT2D eigenvalue weighted by molar-refractivity contribution is 7.98. The molecule has 3 rings (SSSR count).